The first kappa shape index (κ1) is 20.9. The number of fused-ring (bicyclic) bond motifs is 4. The SMILES string of the molecule is CC1(C)c2cc(-c3ccccc3)ccc2-n2c(=O)c3ccccc3c3cc(-c4ccccc4)cc1c32. The molecule has 6 aromatic rings. The third-order valence-electron chi connectivity index (χ3n) is 7.78. The average molecular weight is 464 g/mol. The van der Waals surface area contributed by atoms with Gasteiger partial charge >= 0.3 is 0 Å². The van der Waals surface area contributed by atoms with Gasteiger partial charge in [-0.3, -0.25) is 9.36 Å². The minimum absolute atomic E-state index is 0.0380. The highest BCUT2D eigenvalue weighted by Crippen LogP contribution is 2.47. The van der Waals surface area contributed by atoms with Crippen LogP contribution < -0.4 is 5.56 Å². The topological polar surface area (TPSA) is 22.0 Å². The fourth-order valence-corrected chi connectivity index (χ4v) is 5.90. The van der Waals surface area contributed by atoms with Crippen molar-refractivity contribution >= 4 is 21.7 Å². The van der Waals surface area contributed by atoms with E-state index in [9.17, 15) is 4.79 Å². The number of rotatable bonds is 2. The summed E-state index contributed by atoms with van der Waals surface area (Å²) in [6, 6.07) is 40.1. The summed E-state index contributed by atoms with van der Waals surface area (Å²) >= 11 is 0. The van der Waals surface area contributed by atoms with Crippen molar-refractivity contribution < 1.29 is 0 Å². The van der Waals surface area contributed by atoms with E-state index in [-0.39, 0.29) is 11.0 Å². The summed E-state index contributed by atoms with van der Waals surface area (Å²) in [5.74, 6) is 0. The van der Waals surface area contributed by atoms with Gasteiger partial charge in [-0.05, 0) is 69.1 Å². The predicted molar refractivity (Wildman–Crippen MR) is 150 cm³/mol. The van der Waals surface area contributed by atoms with Crippen LogP contribution >= 0.6 is 0 Å². The summed E-state index contributed by atoms with van der Waals surface area (Å²) in [5.41, 5.74) is 8.77. The summed E-state index contributed by atoms with van der Waals surface area (Å²) < 4.78 is 1.96. The van der Waals surface area contributed by atoms with Crippen molar-refractivity contribution in [3.05, 3.63) is 137 Å². The molecular weight excluding hydrogens is 438 g/mol. The first-order valence-electron chi connectivity index (χ1n) is 12.4. The molecule has 0 saturated carbocycles. The normalized spacial score (nSPS) is 13.6. The Hall–Kier alpha value is -4.43. The van der Waals surface area contributed by atoms with E-state index in [0.717, 1.165) is 32.9 Å². The van der Waals surface area contributed by atoms with E-state index in [1.165, 1.54) is 27.8 Å². The van der Waals surface area contributed by atoms with E-state index >= 15 is 0 Å². The Kier molecular flexibility index (Phi) is 4.37. The van der Waals surface area contributed by atoms with E-state index in [0.29, 0.717) is 0 Å². The smallest absolute Gasteiger partial charge is 0.263 e. The Morgan fingerprint density at radius 1 is 0.528 bits per heavy atom. The second kappa shape index (κ2) is 7.53. The maximum Gasteiger partial charge on any atom is 0.263 e. The minimum Gasteiger partial charge on any atom is -0.276 e. The molecule has 5 aromatic carbocycles. The number of benzene rings is 5. The lowest BCUT2D eigenvalue weighted by Gasteiger charge is -2.36. The standard InChI is InChI=1S/C34H25NO/c1-34(2)29-20-24(22-11-5-3-6-12-22)17-18-31(29)35-32-28(26-15-9-10-16-27(26)33(35)36)19-25(21-30(32)34)23-13-7-4-8-14-23/h3-21H,1-2H3. The second-order valence-corrected chi connectivity index (χ2v) is 10.2. The molecule has 2 heterocycles. The zero-order valence-electron chi connectivity index (χ0n) is 20.3. The second-order valence-electron chi connectivity index (χ2n) is 10.2. The van der Waals surface area contributed by atoms with Gasteiger partial charge in [0.1, 0.15) is 0 Å². The van der Waals surface area contributed by atoms with Crippen LogP contribution in [0.15, 0.2) is 120 Å². The lowest BCUT2D eigenvalue weighted by atomic mass is 9.72. The van der Waals surface area contributed by atoms with Crippen molar-refractivity contribution in [2.45, 2.75) is 19.3 Å². The van der Waals surface area contributed by atoms with Crippen LogP contribution in [-0.4, -0.2) is 4.57 Å². The number of hydrogen-bond acceptors (Lipinski definition) is 1. The van der Waals surface area contributed by atoms with E-state index in [1.54, 1.807) is 0 Å². The van der Waals surface area contributed by atoms with Crippen molar-refractivity contribution in [1.82, 2.24) is 4.57 Å². The van der Waals surface area contributed by atoms with Gasteiger partial charge in [0.25, 0.3) is 5.56 Å². The van der Waals surface area contributed by atoms with Crippen LogP contribution in [0, 0.1) is 0 Å². The Labute approximate surface area is 210 Å². The average Bonchev–Trinajstić information content (AvgIpc) is 2.93. The predicted octanol–water partition coefficient (Wildman–Crippen LogP) is 8.12. The molecule has 0 fully saturated rings. The first-order chi connectivity index (χ1) is 17.5. The Morgan fingerprint density at radius 2 is 1.11 bits per heavy atom. The molecular formula is C34H25NO. The van der Waals surface area contributed by atoms with Gasteiger partial charge < -0.3 is 0 Å². The molecule has 0 bridgehead atoms. The van der Waals surface area contributed by atoms with Crippen molar-refractivity contribution in [3.8, 4) is 27.9 Å². The summed E-state index contributed by atoms with van der Waals surface area (Å²) in [4.78, 5) is 14.0. The molecule has 2 nitrogen and oxygen atoms in total. The Morgan fingerprint density at radius 3 is 1.81 bits per heavy atom. The molecule has 0 N–H and O–H groups in total. The summed E-state index contributed by atoms with van der Waals surface area (Å²) in [7, 11) is 0. The molecule has 172 valence electrons. The van der Waals surface area contributed by atoms with Crippen molar-refractivity contribution in [3.63, 3.8) is 0 Å². The van der Waals surface area contributed by atoms with E-state index in [2.05, 4.69) is 98.8 Å². The maximum atomic E-state index is 14.0. The quantitative estimate of drug-likeness (QED) is 0.238. The Balaban J connectivity index is 1.65. The van der Waals surface area contributed by atoms with Gasteiger partial charge in [-0.1, -0.05) is 98.8 Å². The first-order valence-corrected chi connectivity index (χ1v) is 12.4. The summed E-state index contributed by atoms with van der Waals surface area (Å²) in [6.07, 6.45) is 0. The zero-order chi connectivity index (χ0) is 24.4. The maximum absolute atomic E-state index is 14.0. The third-order valence-corrected chi connectivity index (χ3v) is 7.78. The van der Waals surface area contributed by atoms with Crippen LogP contribution in [0.1, 0.15) is 25.0 Å². The van der Waals surface area contributed by atoms with E-state index in [4.69, 9.17) is 0 Å². The largest absolute Gasteiger partial charge is 0.276 e. The number of hydrogen-bond donors (Lipinski definition) is 0. The summed E-state index contributed by atoms with van der Waals surface area (Å²) in [5, 5.41) is 2.87. The monoisotopic (exact) mass is 463 g/mol. The molecule has 0 atom stereocenters. The van der Waals surface area contributed by atoms with E-state index in [1.807, 2.05) is 34.9 Å². The molecule has 1 aromatic heterocycles. The third kappa shape index (κ3) is 2.88. The molecule has 1 aliphatic heterocycles. The van der Waals surface area contributed by atoms with Crippen LogP contribution in [-0.2, 0) is 5.41 Å². The Bertz CT molecular complexity index is 1860. The molecule has 1 aliphatic rings. The highest BCUT2D eigenvalue weighted by Gasteiger charge is 2.35. The molecule has 0 spiro atoms. The lowest BCUT2D eigenvalue weighted by molar-refractivity contribution is 0.626. The van der Waals surface area contributed by atoms with Gasteiger partial charge in [-0.15, -0.1) is 0 Å². The highest BCUT2D eigenvalue weighted by molar-refractivity contribution is 6.09. The molecule has 2 heteroatoms. The van der Waals surface area contributed by atoms with Crippen LogP contribution in [0.3, 0.4) is 0 Å². The fourth-order valence-electron chi connectivity index (χ4n) is 5.90. The van der Waals surface area contributed by atoms with Gasteiger partial charge in [0.05, 0.1) is 11.2 Å². The van der Waals surface area contributed by atoms with E-state index < -0.39 is 0 Å². The molecule has 0 unspecified atom stereocenters. The fraction of sp³-hybridized carbons (Fsp3) is 0.0882. The van der Waals surface area contributed by atoms with Crippen molar-refractivity contribution in [2.75, 3.05) is 0 Å². The summed E-state index contributed by atoms with van der Waals surface area (Å²) in [6.45, 7) is 4.57. The van der Waals surface area contributed by atoms with Gasteiger partial charge in [-0.25, -0.2) is 0 Å². The van der Waals surface area contributed by atoms with Gasteiger partial charge in [0, 0.05) is 16.2 Å². The molecule has 7 rings (SSSR count). The lowest BCUT2D eigenvalue weighted by Crippen LogP contribution is -2.32. The molecule has 0 aliphatic carbocycles. The molecule has 0 saturated heterocycles. The molecule has 36 heavy (non-hydrogen) atoms. The number of aromatic nitrogens is 1. The highest BCUT2D eigenvalue weighted by atomic mass is 16.1. The van der Waals surface area contributed by atoms with Crippen LogP contribution in [0.25, 0.3) is 49.6 Å². The number of pyridine rings is 1. The van der Waals surface area contributed by atoms with Crippen molar-refractivity contribution in [1.29, 1.82) is 0 Å². The number of nitrogens with zero attached hydrogens (tertiary/aromatic N) is 1. The van der Waals surface area contributed by atoms with Crippen LogP contribution in [0.5, 0.6) is 0 Å². The van der Waals surface area contributed by atoms with Gasteiger partial charge in [0.2, 0.25) is 0 Å². The van der Waals surface area contributed by atoms with Crippen molar-refractivity contribution in [2.24, 2.45) is 0 Å². The van der Waals surface area contributed by atoms with Crippen LogP contribution in [0.4, 0.5) is 0 Å². The van der Waals surface area contributed by atoms with Gasteiger partial charge in [0.15, 0.2) is 0 Å². The molecule has 0 radical (unpaired) electrons. The van der Waals surface area contributed by atoms with Crippen LogP contribution in [0.2, 0.25) is 0 Å². The zero-order valence-corrected chi connectivity index (χ0v) is 20.3. The minimum atomic E-state index is -0.294. The van der Waals surface area contributed by atoms with Gasteiger partial charge in [-0.2, -0.15) is 0 Å². The molecule has 0 amide bonds.